The van der Waals surface area contributed by atoms with Crippen LogP contribution in [0.3, 0.4) is 0 Å². The molecule has 2 rings (SSSR count). The molecule has 0 saturated carbocycles. The van der Waals surface area contributed by atoms with Crippen molar-refractivity contribution in [2.75, 3.05) is 30.8 Å². The highest BCUT2D eigenvalue weighted by atomic mass is 32.2. The summed E-state index contributed by atoms with van der Waals surface area (Å²) < 4.78 is 0. The van der Waals surface area contributed by atoms with Gasteiger partial charge in [0.1, 0.15) is 0 Å². The Hall–Kier alpha value is -0.670. The van der Waals surface area contributed by atoms with Crippen molar-refractivity contribution in [1.29, 1.82) is 0 Å². The van der Waals surface area contributed by atoms with Crippen molar-refractivity contribution >= 4 is 17.4 Å². The lowest BCUT2D eigenvalue weighted by Gasteiger charge is -2.32. The summed E-state index contributed by atoms with van der Waals surface area (Å²) in [6, 6.07) is 9.57. The first kappa shape index (κ1) is 13.8. The summed E-state index contributed by atoms with van der Waals surface area (Å²) in [6.07, 6.45) is 1.13. The topological polar surface area (TPSA) is 15.3 Å². The Kier molecular flexibility index (Phi) is 4.95. The van der Waals surface area contributed by atoms with Crippen LogP contribution in [0, 0.1) is 0 Å². The zero-order valence-electron chi connectivity index (χ0n) is 11.6. The molecule has 100 valence electrons. The van der Waals surface area contributed by atoms with E-state index in [2.05, 4.69) is 60.1 Å². The van der Waals surface area contributed by atoms with Crippen LogP contribution in [-0.2, 0) is 0 Å². The van der Waals surface area contributed by atoms with Gasteiger partial charge in [-0.25, -0.2) is 0 Å². The number of anilines is 1. The van der Waals surface area contributed by atoms with Crippen molar-refractivity contribution in [3.63, 3.8) is 0 Å². The highest BCUT2D eigenvalue weighted by Crippen LogP contribution is 2.25. The van der Waals surface area contributed by atoms with Crippen molar-refractivity contribution in [3.8, 4) is 0 Å². The third kappa shape index (κ3) is 3.21. The molecule has 0 radical (unpaired) electrons. The molecule has 2 unspecified atom stereocenters. The molecule has 0 bridgehead atoms. The lowest BCUT2D eigenvalue weighted by Crippen LogP contribution is -2.36. The zero-order chi connectivity index (χ0) is 13.0. The van der Waals surface area contributed by atoms with Crippen LogP contribution in [0.15, 0.2) is 24.3 Å². The maximum atomic E-state index is 3.36. The summed E-state index contributed by atoms with van der Waals surface area (Å²) in [5.41, 5.74) is 2.76. The van der Waals surface area contributed by atoms with Gasteiger partial charge < -0.3 is 10.2 Å². The van der Waals surface area contributed by atoms with Gasteiger partial charge in [-0.2, -0.15) is 11.8 Å². The molecule has 0 spiro atoms. The summed E-state index contributed by atoms with van der Waals surface area (Å²) in [7, 11) is 2.03. The predicted octanol–water partition coefficient (Wildman–Crippen LogP) is 3.30. The Labute approximate surface area is 115 Å². The van der Waals surface area contributed by atoms with Gasteiger partial charge in [-0.05, 0) is 31.2 Å². The average Bonchev–Trinajstić information content (AvgIpc) is 2.41. The third-order valence-electron chi connectivity index (χ3n) is 3.66. The van der Waals surface area contributed by atoms with Gasteiger partial charge in [0.15, 0.2) is 0 Å². The molecule has 3 heteroatoms. The number of rotatable bonds is 4. The highest BCUT2D eigenvalue weighted by Gasteiger charge is 2.17. The molecule has 1 aromatic rings. The van der Waals surface area contributed by atoms with Gasteiger partial charge in [0, 0.05) is 35.8 Å². The van der Waals surface area contributed by atoms with Crippen LogP contribution >= 0.6 is 11.8 Å². The van der Waals surface area contributed by atoms with Crippen LogP contribution in [0.2, 0.25) is 0 Å². The van der Waals surface area contributed by atoms with Crippen molar-refractivity contribution in [1.82, 2.24) is 5.32 Å². The molecule has 1 fully saturated rings. The number of benzene rings is 1. The van der Waals surface area contributed by atoms with Crippen LogP contribution in [0.25, 0.3) is 0 Å². The molecule has 1 aliphatic rings. The van der Waals surface area contributed by atoms with Crippen LogP contribution in [0.4, 0.5) is 5.69 Å². The fourth-order valence-electron chi connectivity index (χ4n) is 2.58. The van der Waals surface area contributed by atoms with Gasteiger partial charge in [-0.3, -0.25) is 0 Å². The number of nitrogens with one attached hydrogen (secondary N) is 1. The fourth-order valence-corrected chi connectivity index (χ4v) is 3.59. The predicted molar refractivity (Wildman–Crippen MR) is 82.7 cm³/mol. The Morgan fingerprint density at radius 2 is 2.11 bits per heavy atom. The van der Waals surface area contributed by atoms with Gasteiger partial charge in [0.2, 0.25) is 0 Å². The summed E-state index contributed by atoms with van der Waals surface area (Å²) in [5.74, 6) is 1.25. The lowest BCUT2D eigenvalue weighted by atomic mass is 10.0. The van der Waals surface area contributed by atoms with E-state index in [-0.39, 0.29) is 0 Å². The quantitative estimate of drug-likeness (QED) is 0.898. The van der Waals surface area contributed by atoms with E-state index < -0.39 is 0 Å². The first-order valence-corrected chi connectivity index (χ1v) is 7.93. The summed E-state index contributed by atoms with van der Waals surface area (Å²) in [5, 5.41) is 4.11. The molecule has 0 aliphatic carbocycles. The van der Waals surface area contributed by atoms with E-state index in [4.69, 9.17) is 0 Å². The van der Waals surface area contributed by atoms with Crippen molar-refractivity contribution in [2.24, 2.45) is 0 Å². The van der Waals surface area contributed by atoms with Crippen LogP contribution < -0.4 is 10.2 Å². The van der Waals surface area contributed by atoms with Crippen LogP contribution in [0.1, 0.15) is 31.9 Å². The van der Waals surface area contributed by atoms with E-state index in [1.165, 1.54) is 30.1 Å². The Morgan fingerprint density at radius 3 is 2.67 bits per heavy atom. The standard InChI is InChI=1S/C15H24N2S/c1-4-15(16-3)13-5-7-14(8-6-13)17-9-10-18-12(2)11-17/h5-8,12,15-16H,4,9-11H2,1-3H3. The molecule has 0 aromatic heterocycles. The molecule has 1 aliphatic heterocycles. The number of hydrogen-bond acceptors (Lipinski definition) is 3. The molecule has 2 nitrogen and oxygen atoms in total. The van der Waals surface area contributed by atoms with E-state index >= 15 is 0 Å². The molecular weight excluding hydrogens is 240 g/mol. The molecule has 1 aromatic carbocycles. The van der Waals surface area contributed by atoms with Crippen LogP contribution in [0.5, 0.6) is 0 Å². The average molecular weight is 264 g/mol. The number of thioether (sulfide) groups is 1. The smallest absolute Gasteiger partial charge is 0.0367 e. The second-order valence-electron chi connectivity index (χ2n) is 4.97. The van der Waals surface area contributed by atoms with Gasteiger partial charge in [0.05, 0.1) is 0 Å². The largest absolute Gasteiger partial charge is 0.370 e. The summed E-state index contributed by atoms with van der Waals surface area (Å²) in [4.78, 5) is 2.51. The molecule has 0 amide bonds. The van der Waals surface area contributed by atoms with Gasteiger partial charge >= 0.3 is 0 Å². The zero-order valence-corrected chi connectivity index (χ0v) is 12.5. The van der Waals surface area contributed by atoms with E-state index in [1.54, 1.807) is 0 Å². The summed E-state index contributed by atoms with van der Waals surface area (Å²) >= 11 is 2.08. The van der Waals surface area contributed by atoms with E-state index in [9.17, 15) is 0 Å². The Balaban J connectivity index is 2.07. The lowest BCUT2D eigenvalue weighted by molar-refractivity contribution is 0.577. The van der Waals surface area contributed by atoms with Crippen molar-refractivity contribution in [2.45, 2.75) is 31.6 Å². The monoisotopic (exact) mass is 264 g/mol. The fraction of sp³-hybridized carbons (Fsp3) is 0.600. The molecule has 1 N–H and O–H groups in total. The van der Waals surface area contributed by atoms with Gasteiger partial charge in [0.25, 0.3) is 0 Å². The second kappa shape index (κ2) is 6.48. The Morgan fingerprint density at radius 1 is 1.39 bits per heavy atom. The normalized spacial score (nSPS) is 21.9. The van der Waals surface area contributed by atoms with E-state index in [0.717, 1.165) is 11.7 Å². The van der Waals surface area contributed by atoms with Crippen molar-refractivity contribution in [3.05, 3.63) is 29.8 Å². The first-order chi connectivity index (χ1) is 8.74. The number of nitrogens with zero attached hydrogens (tertiary/aromatic N) is 1. The van der Waals surface area contributed by atoms with Gasteiger partial charge in [-0.1, -0.05) is 26.0 Å². The number of hydrogen-bond donors (Lipinski definition) is 1. The molecule has 1 heterocycles. The van der Waals surface area contributed by atoms with E-state index in [1.807, 2.05) is 7.05 Å². The maximum absolute atomic E-state index is 3.36. The molecule has 2 atom stereocenters. The minimum absolute atomic E-state index is 0.481. The van der Waals surface area contributed by atoms with E-state index in [0.29, 0.717) is 6.04 Å². The third-order valence-corrected chi connectivity index (χ3v) is 4.79. The SMILES string of the molecule is CCC(NC)c1ccc(N2CCSC(C)C2)cc1. The second-order valence-corrected chi connectivity index (χ2v) is 6.51. The Bertz CT molecular complexity index is 359. The minimum atomic E-state index is 0.481. The van der Waals surface area contributed by atoms with Gasteiger partial charge in [-0.15, -0.1) is 0 Å². The maximum Gasteiger partial charge on any atom is 0.0367 e. The van der Waals surface area contributed by atoms with Crippen LogP contribution in [-0.4, -0.2) is 31.1 Å². The molecule has 18 heavy (non-hydrogen) atoms. The first-order valence-electron chi connectivity index (χ1n) is 6.88. The molecule has 1 saturated heterocycles. The highest BCUT2D eigenvalue weighted by molar-refractivity contribution is 8.00. The minimum Gasteiger partial charge on any atom is -0.370 e. The molecular formula is C15H24N2S. The summed E-state index contributed by atoms with van der Waals surface area (Å²) in [6.45, 7) is 6.89. The van der Waals surface area contributed by atoms with Crippen molar-refractivity contribution < 1.29 is 0 Å².